The van der Waals surface area contributed by atoms with Gasteiger partial charge in [0.2, 0.25) is 11.8 Å². The second kappa shape index (κ2) is 10.8. The highest BCUT2D eigenvalue weighted by atomic mass is 16.3. The molecule has 3 heterocycles. The molecule has 202 valence electrons. The molecule has 0 saturated carbocycles. The van der Waals surface area contributed by atoms with Crippen molar-refractivity contribution in [2.45, 2.75) is 84.5 Å². The number of nitrogens with one attached hydrogen (secondary N) is 1. The van der Waals surface area contributed by atoms with Crippen molar-refractivity contribution in [2.24, 2.45) is 5.92 Å². The smallest absolute Gasteiger partial charge is 0.248 e. The van der Waals surface area contributed by atoms with E-state index in [1.807, 2.05) is 44.5 Å². The molecule has 0 bridgehead atoms. The summed E-state index contributed by atoms with van der Waals surface area (Å²) in [5.41, 5.74) is 3.17. The van der Waals surface area contributed by atoms with Crippen molar-refractivity contribution in [2.75, 3.05) is 19.6 Å². The van der Waals surface area contributed by atoms with Crippen molar-refractivity contribution in [3.8, 4) is 11.4 Å². The largest absolute Gasteiger partial charge is 0.508 e. The van der Waals surface area contributed by atoms with Gasteiger partial charge in [-0.1, -0.05) is 27.2 Å². The third-order valence-corrected chi connectivity index (χ3v) is 8.12. The number of rotatable bonds is 8. The van der Waals surface area contributed by atoms with Gasteiger partial charge < -0.3 is 20.4 Å². The van der Waals surface area contributed by atoms with Gasteiger partial charge >= 0.3 is 0 Å². The SMILES string of the molecule is CCCCN1C(=O)[C@@H]([C@H](O)C(C)C)NC(=O)C12CCN(Cc1c(C)nn(-c3ccc(O)cc3)c1C)CC2. The van der Waals surface area contributed by atoms with Crippen molar-refractivity contribution in [3.63, 3.8) is 0 Å². The van der Waals surface area contributed by atoms with Crippen LogP contribution >= 0.6 is 0 Å². The molecule has 2 saturated heterocycles. The summed E-state index contributed by atoms with van der Waals surface area (Å²) in [5, 5.41) is 27.9. The maximum Gasteiger partial charge on any atom is 0.248 e. The Labute approximate surface area is 219 Å². The number of phenols is 1. The summed E-state index contributed by atoms with van der Waals surface area (Å²) >= 11 is 0. The molecule has 0 aliphatic carbocycles. The van der Waals surface area contributed by atoms with E-state index in [9.17, 15) is 19.8 Å². The van der Waals surface area contributed by atoms with Gasteiger partial charge in [-0.15, -0.1) is 0 Å². The van der Waals surface area contributed by atoms with Crippen LogP contribution in [0.5, 0.6) is 5.75 Å². The van der Waals surface area contributed by atoms with Crippen LogP contribution in [0.3, 0.4) is 0 Å². The lowest BCUT2D eigenvalue weighted by Crippen LogP contribution is -2.74. The molecule has 1 aromatic heterocycles. The molecule has 9 heteroatoms. The van der Waals surface area contributed by atoms with E-state index in [-0.39, 0.29) is 23.5 Å². The van der Waals surface area contributed by atoms with E-state index < -0.39 is 17.7 Å². The molecule has 1 aromatic carbocycles. The number of aromatic hydroxyl groups is 1. The molecule has 0 radical (unpaired) electrons. The van der Waals surface area contributed by atoms with Crippen LogP contribution in [-0.4, -0.2) is 78.9 Å². The van der Waals surface area contributed by atoms with Crippen LogP contribution < -0.4 is 5.32 Å². The van der Waals surface area contributed by atoms with Crippen molar-refractivity contribution >= 4 is 11.8 Å². The van der Waals surface area contributed by atoms with Crippen LogP contribution in [0.2, 0.25) is 0 Å². The zero-order chi connectivity index (χ0) is 26.9. The summed E-state index contributed by atoms with van der Waals surface area (Å²) in [6.07, 6.45) is 1.96. The number of hydrogen-bond donors (Lipinski definition) is 3. The monoisotopic (exact) mass is 511 g/mol. The van der Waals surface area contributed by atoms with E-state index in [1.165, 1.54) is 0 Å². The van der Waals surface area contributed by atoms with Gasteiger partial charge in [0.1, 0.15) is 17.3 Å². The normalized spacial score (nSPS) is 21.1. The zero-order valence-electron chi connectivity index (χ0n) is 22.7. The summed E-state index contributed by atoms with van der Waals surface area (Å²) in [6.45, 7) is 12.5. The Morgan fingerprint density at radius 2 is 1.78 bits per heavy atom. The molecule has 9 nitrogen and oxygen atoms in total. The third kappa shape index (κ3) is 5.11. The molecule has 2 aliphatic rings. The van der Waals surface area contributed by atoms with E-state index >= 15 is 0 Å². The van der Waals surface area contributed by atoms with Crippen LogP contribution in [0.25, 0.3) is 5.69 Å². The van der Waals surface area contributed by atoms with Crippen LogP contribution in [0.15, 0.2) is 24.3 Å². The minimum atomic E-state index is -0.908. The molecule has 2 aromatic rings. The van der Waals surface area contributed by atoms with E-state index in [1.54, 1.807) is 17.0 Å². The number of amides is 2. The van der Waals surface area contributed by atoms with Crippen LogP contribution in [-0.2, 0) is 16.1 Å². The lowest BCUT2D eigenvalue weighted by molar-refractivity contribution is -0.165. The number of aromatic nitrogens is 2. The number of carbonyl (C=O) groups is 2. The summed E-state index contributed by atoms with van der Waals surface area (Å²) < 4.78 is 1.90. The molecule has 0 unspecified atom stereocenters. The second-order valence-electron chi connectivity index (χ2n) is 10.9. The Hall–Kier alpha value is -2.91. The molecule has 37 heavy (non-hydrogen) atoms. The lowest BCUT2D eigenvalue weighted by Gasteiger charge is -2.52. The third-order valence-electron chi connectivity index (χ3n) is 8.12. The quantitative estimate of drug-likeness (QED) is 0.503. The fourth-order valence-corrected chi connectivity index (χ4v) is 5.65. The maximum atomic E-state index is 13.5. The van der Waals surface area contributed by atoms with Gasteiger partial charge in [0.05, 0.1) is 17.5 Å². The standard InChI is InChI=1S/C28H41N5O4/c1-6-7-14-32-26(36)24(25(35)18(2)3)29-27(37)28(32)12-15-31(16-13-28)17-23-19(4)30-33(20(23)5)21-8-10-22(34)11-9-21/h8-11,18,24-25,34-35H,6-7,12-17H2,1-5H3,(H,29,37)/t24-,25-/m1/s1. The lowest BCUT2D eigenvalue weighted by atomic mass is 9.80. The Morgan fingerprint density at radius 1 is 1.14 bits per heavy atom. The number of benzene rings is 1. The molecule has 2 amide bonds. The summed E-state index contributed by atoms with van der Waals surface area (Å²) in [4.78, 5) is 31.2. The first-order valence-corrected chi connectivity index (χ1v) is 13.5. The Kier molecular flexibility index (Phi) is 7.94. The van der Waals surface area contributed by atoms with Gasteiger partial charge in [0.15, 0.2) is 0 Å². The van der Waals surface area contributed by atoms with Gasteiger partial charge in [0, 0.05) is 37.4 Å². The number of nitrogens with zero attached hydrogens (tertiary/aromatic N) is 4. The van der Waals surface area contributed by atoms with E-state index in [0.29, 0.717) is 39.0 Å². The van der Waals surface area contributed by atoms with Crippen LogP contribution in [0.4, 0.5) is 0 Å². The number of piperazine rings is 1. The number of unbranched alkanes of at least 4 members (excludes halogenated alkanes) is 1. The number of piperidine rings is 1. The highest BCUT2D eigenvalue weighted by Crippen LogP contribution is 2.35. The second-order valence-corrected chi connectivity index (χ2v) is 10.9. The molecular weight excluding hydrogens is 470 g/mol. The number of aryl methyl sites for hydroxylation is 1. The fraction of sp³-hybridized carbons (Fsp3) is 0.607. The average Bonchev–Trinajstić information content (AvgIpc) is 3.15. The zero-order valence-corrected chi connectivity index (χ0v) is 22.7. The summed E-state index contributed by atoms with van der Waals surface area (Å²) in [6, 6.07) is 6.11. The fourth-order valence-electron chi connectivity index (χ4n) is 5.65. The minimum absolute atomic E-state index is 0.132. The number of hydrogen-bond acceptors (Lipinski definition) is 6. The Bertz CT molecular complexity index is 1120. The molecule has 4 rings (SSSR count). The number of aliphatic hydroxyl groups excluding tert-OH is 1. The van der Waals surface area contributed by atoms with Gasteiger partial charge in [-0.05, 0) is 63.3 Å². The first-order chi connectivity index (χ1) is 17.6. The van der Waals surface area contributed by atoms with Gasteiger partial charge in [-0.25, -0.2) is 4.68 Å². The van der Waals surface area contributed by atoms with E-state index in [2.05, 4.69) is 17.1 Å². The summed E-state index contributed by atoms with van der Waals surface area (Å²) in [5.74, 6) is -0.215. The predicted octanol–water partition coefficient (Wildman–Crippen LogP) is 2.67. The Balaban J connectivity index is 1.51. The molecule has 3 N–H and O–H groups in total. The molecule has 2 atom stereocenters. The van der Waals surface area contributed by atoms with E-state index in [0.717, 1.165) is 35.5 Å². The molecule has 1 spiro atoms. The van der Waals surface area contributed by atoms with Crippen molar-refractivity contribution in [3.05, 3.63) is 41.2 Å². The number of phenolic OH excluding ortho intramolecular Hbond substituents is 1. The van der Waals surface area contributed by atoms with Crippen molar-refractivity contribution in [1.82, 2.24) is 24.9 Å². The van der Waals surface area contributed by atoms with Gasteiger partial charge in [-0.3, -0.25) is 14.5 Å². The minimum Gasteiger partial charge on any atom is -0.508 e. The van der Waals surface area contributed by atoms with Gasteiger partial charge in [-0.2, -0.15) is 5.10 Å². The maximum absolute atomic E-state index is 13.5. The highest BCUT2D eigenvalue weighted by molar-refractivity contribution is 6.00. The number of aliphatic hydroxyl groups is 1. The summed E-state index contributed by atoms with van der Waals surface area (Å²) in [7, 11) is 0. The molecule has 2 fully saturated rings. The number of likely N-dealkylation sites (tertiary alicyclic amines) is 1. The Morgan fingerprint density at radius 3 is 2.38 bits per heavy atom. The van der Waals surface area contributed by atoms with Crippen LogP contribution in [0, 0.1) is 19.8 Å². The van der Waals surface area contributed by atoms with Crippen molar-refractivity contribution in [1.29, 1.82) is 0 Å². The molecule has 2 aliphatic heterocycles. The topological polar surface area (TPSA) is 111 Å². The average molecular weight is 512 g/mol. The molecular formula is C28H41N5O4. The highest BCUT2D eigenvalue weighted by Gasteiger charge is 2.54. The van der Waals surface area contributed by atoms with E-state index in [4.69, 9.17) is 5.10 Å². The predicted molar refractivity (Wildman–Crippen MR) is 141 cm³/mol. The van der Waals surface area contributed by atoms with Crippen molar-refractivity contribution < 1.29 is 19.8 Å². The number of carbonyl (C=O) groups excluding carboxylic acids is 2. The van der Waals surface area contributed by atoms with Gasteiger partial charge in [0.25, 0.3) is 0 Å². The first kappa shape index (κ1) is 27.1. The first-order valence-electron chi connectivity index (χ1n) is 13.5. The van der Waals surface area contributed by atoms with Crippen LogP contribution in [0.1, 0.15) is 63.4 Å².